The lowest BCUT2D eigenvalue weighted by atomic mass is 9.71. The van der Waals surface area contributed by atoms with Crippen LogP contribution in [0.15, 0.2) is 73.4 Å². The molecular formula is C26H28N5O+. The normalized spacial score (nSPS) is 28.2. The van der Waals surface area contributed by atoms with Crippen LogP contribution >= 0.6 is 0 Å². The molecule has 0 saturated carbocycles. The highest BCUT2D eigenvalue weighted by atomic mass is 16.3. The third-order valence-electron chi connectivity index (χ3n) is 7.88. The molecule has 3 fully saturated rings. The van der Waals surface area contributed by atoms with Gasteiger partial charge in [-0.3, -0.25) is 9.47 Å². The molecule has 3 unspecified atom stereocenters. The highest BCUT2D eigenvalue weighted by Gasteiger charge is 2.54. The van der Waals surface area contributed by atoms with Crippen molar-refractivity contribution in [3.05, 3.63) is 79.0 Å². The predicted octanol–water partition coefficient (Wildman–Crippen LogP) is 4.08. The minimum absolute atomic E-state index is 0.0960. The Morgan fingerprint density at radius 3 is 2.81 bits per heavy atom. The van der Waals surface area contributed by atoms with Crippen molar-refractivity contribution in [1.82, 2.24) is 20.0 Å². The summed E-state index contributed by atoms with van der Waals surface area (Å²) in [5.74, 6) is 1.05. The fraction of sp³-hybridized carbons (Fsp3) is 0.346. The van der Waals surface area contributed by atoms with Gasteiger partial charge in [-0.15, -0.1) is 11.7 Å². The number of aromatic nitrogens is 4. The van der Waals surface area contributed by atoms with E-state index >= 15 is 0 Å². The number of fused-ring (bicyclic) bond motifs is 5. The van der Waals surface area contributed by atoms with Crippen molar-refractivity contribution in [3.8, 4) is 0 Å². The number of rotatable bonds is 5. The molecule has 32 heavy (non-hydrogen) atoms. The quantitative estimate of drug-likeness (QED) is 0.386. The van der Waals surface area contributed by atoms with Gasteiger partial charge in [0.15, 0.2) is 6.67 Å². The van der Waals surface area contributed by atoms with Crippen LogP contribution in [-0.2, 0) is 6.67 Å². The van der Waals surface area contributed by atoms with Crippen LogP contribution in [0, 0.1) is 11.8 Å². The topological polar surface area (TPSA) is 63.8 Å². The summed E-state index contributed by atoms with van der Waals surface area (Å²) >= 11 is 0. The van der Waals surface area contributed by atoms with E-state index in [1.807, 2.05) is 53.3 Å². The van der Waals surface area contributed by atoms with Crippen LogP contribution in [0.2, 0.25) is 0 Å². The molecule has 0 spiro atoms. The van der Waals surface area contributed by atoms with E-state index in [9.17, 15) is 5.11 Å². The molecule has 6 heteroatoms. The predicted molar refractivity (Wildman–Crippen MR) is 124 cm³/mol. The van der Waals surface area contributed by atoms with Crippen LogP contribution in [0.25, 0.3) is 21.9 Å². The monoisotopic (exact) mass is 426 g/mol. The molecule has 2 bridgehead atoms. The van der Waals surface area contributed by atoms with Gasteiger partial charge in [0, 0.05) is 30.3 Å². The number of hydrogen-bond acceptors (Lipinski definition) is 4. The summed E-state index contributed by atoms with van der Waals surface area (Å²) in [4.78, 5) is 4.50. The molecular weight excluding hydrogens is 398 g/mol. The third-order valence-corrected chi connectivity index (χ3v) is 7.88. The van der Waals surface area contributed by atoms with E-state index < -0.39 is 6.10 Å². The first-order valence-electron chi connectivity index (χ1n) is 11.5. The third kappa shape index (κ3) is 2.98. The van der Waals surface area contributed by atoms with Crippen molar-refractivity contribution in [2.75, 3.05) is 13.1 Å². The zero-order valence-corrected chi connectivity index (χ0v) is 18.1. The summed E-state index contributed by atoms with van der Waals surface area (Å²) in [6.07, 6.45) is 5.52. The molecule has 7 rings (SSSR count). The molecule has 2 aromatic carbocycles. The second-order valence-electron chi connectivity index (χ2n) is 9.46. The van der Waals surface area contributed by atoms with Gasteiger partial charge in [-0.1, -0.05) is 41.6 Å². The molecule has 162 valence electrons. The van der Waals surface area contributed by atoms with Crippen LogP contribution in [0.4, 0.5) is 0 Å². The Balaban J connectivity index is 1.43. The first-order valence-corrected chi connectivity index (χ1v) is 11.5. The zero-order chi connectivity index (χ0) is 21.7. The van der Waals surface area contributed by atoms with Crippen molar-refractivity contribution in [1.29, 1.82) is 0 Å². The van der Waals surface area contributed by atoms with Gasteiger partial charge in [0.05, 0.1) is 24.1 Å². The van der Waals surface area contributed by atoms with Crippen LogP contribution in [-0.4, -0.2) is 48.7 Å². The summed E-state index contributed by atoms with van der Waals surface area (Å²) < 4.78 is 2.84. The molecule has 1 N–H and O–H groups in total. The first-order chi connectivity index (χ1) is 15.7. The van der Waals surface area contributed by atoms with E-state index in [1.165, 1.54) is 0 Å². The Morgan fingerprint density at radius 1 is 1.12 bits per heavy atom. The first kappa shape index (κ1) is 19.6. The molecule has 4 aromatic rings. The molecule has 6 nitrogen and oxygen atoms in total. The van der Waals surface area contributed by atoms with E-state index in [-0.39, 0.29) is 6.04 Å². The van der Waals surface area contributed by atoms with Crippen LogP contribution < -0.4 is 0 Å². The van der Waals surface area contributed by atoms with Gasteiger partial charge in [-0.25, -0.2) is 0 Å². The van der Waals surface area contributed by atoms with Crippen molar-refractivity contribution in [2.45, 2.75) is 31.7 Å². The highest BCUT2D eigenvalue weighted by Crippen LogP contribution is 2.47. The zero-order valence-electron chi connectivity index (χ0n) is 18.1. The summed E-state index contributed by atoms with van der Waals surface area (Å²) in [5, 5.41) is 21.7. The summed E-state index contributed by atoms with van der Waals surface area (Å²) in [5.41, 5.74) is 3.86. The van der Waals surface area contributed by atoms with Crippen molar-refractivity contribution in [3.63, 3.8) is 0 Å². The minimum atomic E-state index is -0.564. The van der Waals surface area contributed by atoms with Crippen molar-refractivity contribution >= 4 is 21.9 Å². The molecule has 3 aliphatic heterocycles. The van der Waals surface area contributed by atoms with Crippen LogP contribution in [0.3, 0.4) is 0 Å². The Hall–Kier alpha value is -3.09. The Morgan fingerprint density at radius 2 is 1.94 bits per heavy atom. The summed E-state index contributed by atoms with van der Waals surface area (Å²) in [6, 6.07) is 18.3. The number of aliphatic hydroxyl groups is 1. The van der Waals surface area contributed by atoms with Crippen LogP contribution in [0.5, 0.6) is 0 Å². The Kier molecular flexibility index (Phi) is 4.59. The number of para-hydroxylation sites is 2. The molecule has 5 atom stereocenters. The van der Waals surface area contributed by atoms with Gasteiger partial charge in [-0.2, -0.15) is 4.68 Å². The lowest BCUT2D eigenvalue weighted by Gasteiger charge is -2.57. The standard InChI is InChI=1S/C26H28N5O/c1-2-18-16-31(17-30-24-10-6-5-9-23(24)28-29-30)14-12-19(18)15-25(31)26(32)21-11-13-27-22-8-4-3-7-20(21)22/h2-11,13,18-19,25-26,32H,1,12,14-17H2/q+1/t18-,19?,25?,26-,31?/m1/s1. The Labute approximate surface area is 187 Å². The maximum atomic E-state index is 11.8. The largest absolute Gasteiger partial charge is 0.382 e. The molecule has 3 saturated heterocycles. The smallest absolute Gasteiger partial charge is 0.177 e. The lowest BCUT2D eigenvalue weighted by molar-refractivity contribution is -0.992. The summed E-state index contributed by atoms with van der Waals surface area (Å²) in [7, 11) is 0. The SMILES string of the molecule is C=C[C@@H]1C[N+]2(Cn3nnc4ccccc43)CCC1CC2[C@H](O)c1ccnc2ccccc12. The second-order valence-corrected chi connectivity index (χ2v) is 9.46. The number of nitrogens with zero attached hydrogens (tertiary/aromatic N) is 5. The van der Waals surface area contributed by atoms with Crippen molar-refractivity contribution < 1.29 is 9.59 Å². The van der Waals surface area contributed by atoms with Gasteiger partial charge < -0.3 is 5.11 Å². The maximum Gasteiger partial charge on any atom is 0.177 e. The number of hydrogen-bond donors (Lipinski definition) is 1. The van der Waals surface area contributed by atoms with Crippen molar-refractivity contribution in [2.24, 2.45) is 11.8 Å². The van der Waals surface area contributed by atoms with Gasteiger partial charge >= 0.3 is 0 Å². The molecule has 5 heterocycles. The molecule has 3 aliphatic rings. The molecule has 2 aromatic heterocycles. The number of pyridine rings is 1. The summed E-state index contributed by atoms with van der Waals surface area (Å²) in [6.45, 7) is 6.86. The second kappa shape index (κ2) is 7.50. The highest BCUT2D eigenvalue weighted by molar-refractivity contribution is 5.82. The van der Waals surface area contributed by atoms with Gasteiger partial charge in [0.2, 0.25) is 0 Å². The van der Waals surface area contributed by atoms with Gasteiger partial charge in [0.25, 0.3) is 0 Å². The van der Waals surface area contributed by atoms with Gasteiger partial charge in [-0.05, 0) is 35.7 Å². The minimum Gasteiger partial charge on any atom is -0.382 e. The average Bonchev–Trinajstić information content (AvgIpc) is 3.25. The van der Waals surface area contributed by atoms with E-state index in [4.69, 9.17) is 0 Å². The molecule has 0 amide bonds. The van der Waals surface area contributed by atoms with Crippen LogP contribution in [0.1, 0.15) is 24.5 Å². The van der Waals surface area contributed by atoms with Gasteiger partial charge in [0.1, 0.15) is 17.7 Å². The average molecular weight is 427 g/mol. The molecule has 0 aliphatic carbocycles. The Bertz CT molecular complexity index is 1290. The fourth-order valence-corrected chi connectivity index (χ4v) is 6.23. The van der Waals surface area contributed by atoms with E-state index in [0.29, 0.717) is 18.5 Å². The lowest BCUT2D eigenvalue weighted by Crippen LogP contribution is -2.68. The number of quaternary nitrogens is 1. The maximum absolute atomic E-state index is 11.8. The fourth-order valence-electron chi connectivity index (χ4n) is 6.23. The molecule has 0 radical (unpaired) electrons. The number of aliphatic hydroxyl groups excluding tert-OH is 1. The van der Waals surface area contributed by atoms with E-state index in [2.05, 4.69) is 40.1 Å². The van der Waals surface area contributed by atoms with E-state index in [0.717, 1.165) is 57.9 Å². The number of benzene rings is 2. The van der Waals surface area contributed by atoms with E-state index in [1.54, 1.807) is 0 Å². The number of piperidine rings is 3.